The molecule has 0 radical (unpaired) electrons. The molecule has 0 saturated heterocycles. The van der Waals surface area contributed by atoms with Gasteiger partial charge in [-0.1, -0.05) is 5.21 Å². The molecule has 3 aromatic rings. The molecule has 10 nitrogen and oxygen atoms in total. The van der Waals surface area contributed by atoms with E-state index in [0.717, 1.165) is 5.69 Å². The number of tetrazole rings is 2. The minimum absolute atomic E-state index is 0.226. The van der Waals surface area contributed by atoms with Gasteiger partial charge in [0.2, 0.25) is 0 Å². The standard InChI is InChI=1S/C11H11N9O/c1-7(10-14-17-18-15-10)13-11(21)8-2-4-9(5-3-8)20-6-12-16-19-20/h2-7H,1H3,(H,13,21)(H,14,15,17,18). The number of carbonyl (C=O) groups is 1. The summed E-state index contributed by atoms with van der Waals surface area (Å²) in [6, 6.07) is 6.55. The minimum Gasteiger partial charge on any atom is -0.342 e. The zero-order valence-electron chi connectivity index (χ0n) is 11.0. The predicted octanol–water partition coefficient (Wildman–Crippen LogP) is -0.334. The number of aromatic amines is 1. The highest BCUT2D eigenvalue weighted by Crippen LogP contribution is 2.10. The first-order chi connectivity index (χ1) is 10.2. The Kier molecular flexibility index (Phi) is 3.33. The van der Waals surface area contributed by atoms with Gasteiger partial charge in [-0.2, -0.15) is 5.21 Å². The van der Waals surface area contributed by atoms with Crippen LogP contribution in [0.25, 0.3) is 5.69 Å². The Bertz CT molecular complexity index is 705. The lowest BCUT2D eigenvalue weighted by Gasteiger charge is -2.10. The lowest BCUT2D eigenvalue weighted by atomic mass is 10.2. The average molecular weight is 285 g/mol. The number of rotatable bonds is 4. The summed E-state index contributed by atoms with van der Waals surface area (Å²) in [6.07, 6.45) is 1.48. The smallest absolute Gasteiger partial charge is 0.251 e. The van der Waals surface area contributed by atoms with Crippen molar-refractivity contribution in [2.45, 2.75) is 13.0 Å². The van der Waals surface area contributed by atoms with Crippen molar-refractivity contribution < 1.29 is 4.79 Å². The molecule has 1 aromatic carbocycles. The molecule has 0 bridgehead atoms. The first-order valence-corrected chi connectivity index (χ1v) is 6.11. The van der Waals surface area contributed by atoms with Crippen molar-refractivity contribution in [2.75, 3.05) is 0 Å². The van der Waals surface area contributed by atoms with Gasteiger partial charge in [0.25, 0.3) is 5.91 Å². The van der Waals surface area contributed by atoms with Crippen LogP contribution in [0.2, 0.25) is 0 Å². The number of amides is 1. The molecule has 2 aromatic heterocycles. The summed E-state index contributed by atoms with van der Waals surface area (Å²) < 4.78 is 1.50. The lowest BCUT2D eigenvalue weighted by Crippen LogP contribution is -2.27. The summed E-state index contributed by atoms with van der Waals surface area (Å²) in [5.74, 6) is 0.198. The van der Waals surface area contributed by atoms with Gasteiger partial charge in [0.1, 0.15) is 6.33 Å². The van der Waals surface area contributed by atoms with Gasteiger partial charge >= 0.3 is 0 Å². The molecule has 2 heterocycles. The third-order valence-corrected chi connectivity index (χ3v) is 2.84. The largest absolute Gasteiger partial charge is 0.342 e. The SMILES string of the molecule is CC(NC(=O)c1ccc(-n2cnnn2)cc1)c1nn[nH]n1. The molecule has 0 aliphatic heterocycles. The average Bonchev–Trinajstić information content (AvgIpc) is 3.20. The molecule has 0 fully saturated rings. The summed E-state index contributed by atoms with van der Waals surface area (Å²) in [4.78, 5) is 12.1. The third-order valence-electron chi connectivity index (χ3n) is 2.84. The van der Waals surface area contributed by atoms with Gasteiger partial charge in [0.05, 0.1) is 11.7 Å². The van der Waals surface area contributed by atoms with E-state index in [-0.39, 0.29) is 11.9 Å². The van der Waals surface area contributed by atoms with E-state index >= 15 is 0 Å². The molecule has 21 heavy (non-hydrogen) atoms. The number of carbonyl (C=O) groups excluding carboxylic acids is 1. The number of aromatic nitrogens is 8. The molecular weight excluding hydrogens is 274 g/mol. The second-order valence-electron chi connectivity index (χ2n) is 4.27. The number of nitrogens with one attached hydrogen (secondary N) is 2. The van der Waals surface area contributed by atoms with Gasteiger partial charge in [0.15, 0.2) is 5.82 Å². The van der Waals surface area contributed by atoms with Crippen molar-refractivity contribution in [3.63, 3.8) is 0 Å². The summed E-state index contributed by atoms with van der Waals surface area (Å²) in [6.45, 7) is 1.78. The van der Waals surface area contributed by atoms with Crippen molar-refractivity contribution >= 4 is 5.91 Å². The van der Waals surface area contributed by atoms with Crippen LogP contribution in [0.5, 0.6) is 0 Å². The van der Waals surface area contributed by atoms with Crippen LogP contribution in [0, 0.1) is 0 Å². The molecule has 1 atom stereocenters. The van der Waals surface area contributed by atoms with Crippen LogP contribution < -0.4 is 5.32 Å². The van der Waals surface area contributed by atoms with Crippen molar-refractivity contribution in [3.05, 3.63) is 42.0 Å². The number of benzene rings is 1. The molecule has 1 amide bonds. The summed E-state index contributed by atoms with van der Waals surface area (Å²) in [7, 11) is 0. The van der Waals surface area contributed by atoms with Gasteiger partial charge in [0, 0.05) is 5.56 Å². The highest BCUT2D eigenvalue weighted by molar-refractivity contribution is 5.94. The normalized spacial score (nSPS) is 12.0. The van der Waals surface area contributed by atoms with Crippen molar-refractivity contribution in [2.24, 2.45) is 0 Å². The highest BCUT2D eigenvalue weighted by Gasteiger charge is 2.14. The minimum atomic E-state index is -0.338. The van der Waals surface area contributed by atoms with Gasteiger partial charge in [-0.25, -0.2) is 4.68 Å². The van der Waals surface area contributed by atoms with E-state index in [1.54, 1.807) is 31.2 Å². The summed E-state index contributed by atoms with van der Waals surface area (Å²) in [5, 5.41) is 27.1. The Morgan fingerprint density at radius 1 is 1.33 bits per heavy atom. The van der Waals surface area contributed by atoms with Crippen molar-refractivity contribution in [1.29, 1.82) is 0 Å². The van der Waals surface area contributed by atoms with E-state index in [1.807, 2.05) is 0 Å². The van der Waals surface area contributed by atoms with Crippen LogP contribution in [0.1, 0.15) is 29.1 Å². The fourth-order valence-electron chi connectivity index (χ4n) is 1.74. The molecule has 3 rings (SSSR count). The molecule has 10 heteroatoms. The number of H-pyrrole nitrogens is 1. The monoisotopic (exact) mass is 285 g/mol. The zero-order chi connectivity index (χ0) is 14.7. The van der Waals surface area contributed by atoms with Gasteiger partial charge < -0.3 is 5.32 Å². The zero-order valence-corrected chi connectivity index (χ0v) is 11.0. The molecule has 2 N–H and O–H groups in total. The van der Waals surface area contributed by atoms with E-state index in [4.69, 9.17) is 0 Å². The van der Waals surface area contributed by atoms with Crippen LogP contribution >= 0.6 is 0 Å². The predicted molar refractivity (Wildman–Crippen MR) is 69.2 cm³/mol. The van der Waals surface area contributed by atoms with Crippen LogP contribution in [0.15, 0.2) is 30.6 Å². The van der Waals surface area contributed by atoms with Gasteiger partial charge in [-0.05, 0) is 41.6 Å². The van der Waals surface area contributed by atoms with Gasteiger partial charge in [-0.15, -0.1) is 15.3 Å². The Morgan fingerprint density at radius 3 is 2.76 bits per heavy atom. The van der Waals surface area contributed by atoms with E-state index < -0.39 is 0 Å². The van der Waals surface area contributed by atoms with Crippen molar-refractivity contribution in [3.8, 4) is 5.69 Å². The second kappa shape index (κ2) is 5.45. The molecule has 0 aliphatic rings. The van der Waals surface area contributed by atoms with Gasteiger partial charge in [-0.3, -0.25) is 4.79 Å². The Morgan fingerprint density at radius 2 is 2.14 bits per heavy atom. The Hall–Kier alpha value is -3.17. The second-order valence-corrected chi connectivity index (χ2v) is 4.27. The van der Waals surface area contributed by atoms with E-state index in [1.165, 1.54) is 11.0 Å². The van der Waals surface area contributed by atoms with E-state index in [2.05, 4.69) is 41.5 Å². The van der Waals surface area contributed by atoms with Crippen LogP contribution in [-0.4, -0.2) is 46.7 Å². The number of hydrogen-bond acceptors (Lipinski definition) is 7. The van der Waals surface area contributed by atoms with E-state index in [9.17, 15) is 4.79 Å². The molecular formula is C11H11N9O. The number of nitrogens with zero attached hydrogens (tertiary/aromatic N) is 7. The quantitative estimate of drug-likeness (QED) is 0.671. The Labute approximate surface area is 118 Å². The fourth-order valence-corrected chi connectivity index (χ4v) is 1.74. The molecule has 1 unspecified atom stereocenters. The highest BCUT2D eigenvalue weighted by atomic mass is 16.1. The first-order valence-electron chi connectivity index (χ1n) is 6.11. The summed E-state index contributed by atoms with van der Waals surface area (Å²) in [5.41, 5.74) is 1.28. The van der Waals surface area contributed by atoms with Crippen molar-refractivity contribution in [1.82, 2.24) is 46.1 Å². The maximum Gasteiger partial charge on any atom is 0.251 e. The number of hydrogen-bond donors (Lipinski definition) is 2. The first kappa shape index (κ1) is 12.8. The maximum absolute atomic E-state index is 12.1. The molecule has 106 valence electrons. The third kappa shape index (κ3) is 2.73. The molecule has 0 aliphatic carbocycles. The van der Waals surface area contributed by atoms with Crippen LogP contribution in [0.3, 0.4) is 0 Å². The van der Waals surface area contributed by atoms with Crippen LogP contribution in [-0.2, 0) is 0 Å². The van der Waals surface area contributed by atoms with Crippen LogP contribution in [0.4, 0.5) is 0 Å². The molecule has 0 saturated carbocycles. The lowest BCUT2D eigenvalue weighted by molar-refractivity contribution is 0.0938. The molecule has 0 spiro atoms. The van der Waals surface area contributed by atoms with E-state index in [0.29, 0.717) is 11.4 Å². The maximum atomic E-state index is 12.1. The fraction of sp³-hybridized carbons (Fsp3) is 0.182. The summed E-state index contributed by atoms with van der Waals surface area (Å²) >= 11 is 0. The topological polar surface area (TPSA) is 127 Å². The Balaban J connectivity index is 1.70.